The highest BCUT2D eigenvalue weighted by Gasteiger charge is 2.22. The topological polar surface area (TPSA) is 39.1 Å². The lowest BCUT2D eigenvalue weighted by Gasteiger charge is -2.00. The minimum Gasteiger partial charge on any atom is -0.490 e. The molecule has 0 unspecified atom stereocenters. The van der Waals surface area contributed by atoms with Gasteiger partial charge >= 0.3 is 0 Å². The fourth-order valence-corrected chi connectivity index (χ4v) is 1.27. The molecule has 0 amide bonds. The molecule has 1 aromatic rings. The molecule has 0 saturated heterocycles. The van der Waals surface area contributed by atoms with Crippen molar-refractivity contribution in [1.82, 2.24) is 15.1 Å². The van der Waals surface area contributed by atoms with E-state index in [-0.39, 0.29) is 12.4 Å². The van der Waals surface area contributed by atoms with Crippen molar-refractivity contribution in [3.8, 4) is 5.75 Å². The Morgan fingerprint density at radius 3 is 3.07 bits per heavy atom. The van der Waals surface area contributed by atoms with E-state index in [0.717, 1.165) is 31.4 Å². The molecule has 4 nitrogen and oxygen atoms in total. The van der Waals surface area contributed by atoms with Gasteiger partial charge in [0.05, 0.1) is 25.5 Å². The Balaban J connectivity index is 0.00000112. The molecule has 2 rings (SSSR count). The molecule has 5 heteroatoms. The lowest BCUT2D eigenvalue weighted by atomic mass is 10.5. The second kappa shape index (κ2) is 5.98. The van der Waals surface area contributed by atoms with Crippen LogP contribution in [0.15, 0.2) is 12.4 Å². The summed E-state index contributed by atoms with van der Waals surface area (Å²) in [7, 11) is 1.94. The maximum absolute atomic E-state index is 5.59. The Morgan fingerprint density at radius 2 is 2.40 bits per heavy atom. The van der Waals surface area contributed by atoms with Crippen LogP contribution >= 0.6 is 12.4 Å². The zero-order valence-electron chi connectivity index (χ0n) is 8.98. The molecule has 1 heterocycles. The lowest BCUT2D eigenvalue weighted by molar-refractivity contribution is 0.299. The van der Waals surface area contributed by atoms with Crippen molar-refractivity contribution in [3.63, 3.8) is 0 Å². The van der Waals surface area contributed by atoms with Gasteiger partial charge in [-0.3, -0.25) is 4.68 Å². The second-order valence-electron chi connectivity index (χ2n) is 3.80. The van der Waals surface area contributed by atoms with Gasteiger partial charge < -0.3 is 10.1 Å². The molecule has 1 aromatic heterocycles. The SMILES string of the molecule is CNCCn1cc(OCC2CC2)cn1.Cl. The van der Waals surface area contributed by atoms with Crippen LogP contribution in [0, 0.1) is 5.92 Å². The van der Waals surface area contributed by atoms with Crippen molar-refractivity contribution in [2.75, 3.05) is 20.2 Å². The molecule has 0 atom stereocenters. The van der Waals surface area contributed by atoms with Gasteiger partial charge in [-0.2, -0.15) is 5.10 Å². The van der Waals surface area contributed by atoms with Gasteiger partial charge in [0.1, 0.15) is 0 Å². The summed E-state index contributed by atoms with van der Waals surface area (Å²) in [5.74, 6) is 1.70. The number of nitrogens with one attached hydrogen (secondary N) is 1. The molecule has 15 heavy (non-hydrogen) atoms. The number of halogens is 1. The van der Waals surface area contributed by atoms with Gasteiger partial charge in [0.2, 0.25) is 0 Å². The maximum atomic E-state index is 5.59. The minimum atomic E-state index is 0. The summed E-state index contributed by atoms with van der Waals surface area (Å²) < 4.78 is 7.49. The first-order valence-corrected chi connectivity index (χ1v) is 5.18. The summed E-state index contributed by atoms with van der Waals surface area (Å²) in [5, 5.41) is 7.29. The summed E-state index contributed by atoms with van der Waals surface area (Å²) >= 11 is 0. The Labute approximate surface area is 96.4 Å². The third-order valence-corrected chi connectivity index (χ3v) is 2.38. The first-order valence-electron chi connectivity index (χ1n) is 5.18. The van der Waals surface area contributed by atoms with Crippen molar-refractivity contribution < 1.29 is 4.74 Å². The van der Waals surface area contributed by atoms with E-state index < -0.39 is 0 Å². The zero-order valence-corrected chi connectivity index (χ0v) is 9.80. The van der Waals surface area contributed by atoms with Gasteiger partial charge in [0.25, 0.3) is 0 Å². The Morgan fingerprint density at radius 1 is 1.60 bits per heavy atom. The number of hydrogen-bond acceptors (Lipinski definition) is 3. The molecule has 1 saturated carbocycles. The summed E-state index contributed by atoms with van der Waals surface area (Å²) in [4.78, 5) is 0. The highest BCUT2D eigenvalue weighted by atomic mass is 35.5. The molecule has 1 fully saturated rings. The summed E-state index contributed by atoms with van der Waals surface area (Å²) in [6, 6.07) is 0. The lowest BCUT2D eigenvalue weighted by Crippen LogP contribution is -2.14. The van der Waals surface area contributed by atoms with Crippen LogP contribution in [0.3, 0.4) is 0 Å². The van der Waals surface area contributed by atoms with Gasteiger partial charge in [-0.15, -0.1) is 12.4 Å². The standard InChI is InChI=1S/C10H17N3O.ClH/c1-11-4-5-13-7-10(6-12-13)14-8-9-2-3-9;/h6-7,9,11H,2-5,8H2,1H3;1H. The smallest absolute Gasteiger partial charge is 0.157 e. The molecule has 0 aromatic carbocycles. The van der Waals surface area contributed by atoms with Crippen molar-refractivity contribution >= 4 is 12.4 Å². The van der Waals surface area contributed by atoms with Crippen LogP contribution in [-0.4, -0.2) is 30.0 Å². The molecule has 1 aliphatic carbocycles. The predicted octanol–water partition coefficient (Wildman–Crippen LogP) is 1.31. The van der Waals surface area contributed by atoms with Crippen LogP contribution in [-0.2, 0) is 6.54 Å². The Bertz CT molecular complexity index is 286. The van der Waals surface area contributed by atoms with Crippen LogP contribution in [0.1, 0.15) is 12.8 Å². The number of aromatic nitrogens is 2. The minimum absolute atomic E-state index is 0. The highest BCUT2D eigenvalue weighted by Crippen LogP contribution is 2.29. The van der Waals surface area contributed by atoms with Crippen molar-refractivity contribution in [2.24, 2.45) is 5.92 Å². The number of ether oxygens (including phenoxy) is 1. The van der Waals surface area contributed by atoms with Crippen molar-refractivity contribution in [2.45, 2.75) is 19.4 Å². The Hall–Kier alpha value is -0.740. The third-order valence-electron chi connectivity index (χ3n) is 2.38. The summed E-state index contributed by atoms with van der Waals surface area (Å²) in [6.45, 7) is 2.69. The molecular weight excluding hydrogens is 214 g/mol. The van der Waals surface area contributed by atoms with E-state index in [1.165, 1.54) is 12.8 Å². The van der Waals surface area contributed by atoms with E-state index in [2.05, 4.69) is 10.4 Å². The van der Waals surface area contributed by atoms with Gasteiger partial charge in [-0.1, -0.05) is 0 Å². The van der Waals surface area contributed by atoms with Gasteiger partial charge in [-0.05, 0) is 25.8 Å². The van der Waals surface area contributed by atoms with E-state index in [1.807, 2.05) is 17.9 Å². The first-order chi connectivity index (χ1) is 6.88. The first kappa shape index (κ1) is 12.3. The van der Waals surface area contributed by atoms with E-state index in [4.69, 9.17) is 4.74 Å². The van der Waals surface area contributed by atoms with Gasteiger partial charge in [0.15, 0.2) is 5.75 Å². The normalized spacial score (nSPS) is 14.7. The van der Waals surface area contributed by atoms with E-state index in [9.17, 15) is 0 Å². The summed E-state index contributed by atoms with van der Waals surface area (Å²) in [6.07, 6.45) is 6.40. The molecule has 0 aliphatic heterocycles. The number of likely N-dealkylation sites (N-methyl/N-ethyl adjacent to an activating group) is 1. The van der Waals surface area contributed by atoms with Gasteiger partial charge in [0, 0.05) is 6.54 Å². The van der Waals surface area contributed by atoms with E-state index in [1.54, 1.807) is 6.20 Å². The fourth-order valence-electron chi connectivity index (χ4n) is 1.27. The number of rotatable bonds is 6. The molecule has 86 valence electrons. The second-order valence-corrected chi connectivity index (χ2v) is 3.80. The zero-order chi connectivity index (χ0) is 9.80. The third kappa shape index (κ3) is 4.10. The molecule has 0 radical (unpaired) electrons. The largest absolute Gasteiger partial charge is 0.490 e. The summed E-state index contributed by atoms with van der Waals surface area (Å²) in [5.41, 5.74) is 0. The van der Waals surface area contributed by atoms with Crippen molar-refractivity contribution in [1.29, 1.82) is 0 Å². The van der Waals surface area contributed by atoms with Gasteiger partial charge in [-0.25, -0.2) is 0 Å². The quantitative estimate of drug-likeness (QED) is 0.803. The highest BCUT2D eigenvalue weighted by molar-refractivity contribution is 5.85. The van der Waals surface area contributed by atoms with Crippen molar-refractivity contribution in [3.05, 3.63) is 12.4 Å². The van der Waals surface area contributed by atoms with Crippen LogP contribution in [0.5, 0.6) is 5.75 Å². The number of hydrogen-bond donors (Lipinski definition) is 1. The Kier molecular flexibility index (Phi) is 4.91. The monoisotopic (exact) mass is 231 g/mol. The molecule has 1 N–H and O–H groups in total. The average Bonchev–Trinajstić information content (AvgIpc) is 2.92. The molecular formula is C10H18ClN3O. The number of nitrogens with zero attached hydrogens (tertiary/aromatic N) is 2. The van der Waals surface area contributed by atoms with Crippen LogP contribution in [0.25, 0.3) is 0 Å². The molecule has 0 spiro atoms. The van der Waals surface area contributed by atoms with Crippen LogP contribution in [0.4, 0.5) is 0 Å². The predicted molar refractivity (Wildman–Crippen MR) is 61.6 cm³/mol. The van der Waals surface area contributed by atoms with Crippen LogP contribution < -0.4 is 10.1 Å². The molecule has 0 bridgehead atoms. The molecule has 1 aliphatic rings. The fraction of sp³-hybridized carbons (Fsp3) is 0.700. The maximum Gasteiger partial charge on any atom is 0.157 e. The van der Waals surface area contributed by atoms with Crippen LogP contribution in [0.2, 0.25) is 0 Å². The van der Waals surface area contributed by atoms with E-state index in [0.29, 0.717) is 0 Å². The van der Waals surface area contributed by atoms with E-state index >= 15 is 0 Å². The average molecular weight is 232 g/mol.